The molecule has 1 saturated carbocycles. The van der Waals surface area contributed by atoms with Crippen LogP contribution in [0.3, 0.4) is 0 Å². The van der Waals surface area contributed by atoms with Gasteiger partial charge in [0.2, 0.25) is 0 Å². The maximum absolute atomic E-state index is 12.4. The summed E-state index contributed by atoms with van der Waals surface area (Å²) >= 11 is 0. The Morgan fingerprint density at radius 3 is 2.52 bits per heavy atom. The van der Waals surface area contributed by atoms with Crippen LogP contribution in [0, 0.1) is 11.8 Å². The highest BCUT2D eigenvalue weighted by Gasteiger charge is 2.30. The number of hydrogen-bond donors (Lipinski definition) is 1. The van der Waals surface area contributed by atoms with Crippen molar-refractivity contribution in [3.05, 3.63) is 23.8 Å². The lowest BCUT2D eigenvalue weighted by atomic mass is 9.78. The van der Waals surface area contributed by atoms with Crippen molar-refractivity contribution < 1.29 is 23.8 Å². The zero-order valence-corrected chi connectivity index (χ0v) is 16.9. The first kappa shape index (κ1) is 21.1. The Hall–Kier alpha value is -2.24. The molecule has 1 aliphatic rings. The molecule has 27 heavy (non-hydrogen) atoms. The molecular weight excluding hydrogens is 346 g/mol. The van der Waals surface area contributed by atoms with Gasteiger partial charge in [-0.05, 0) is 42.9 Å². The number of carbonyl (C=O) groups is 2. The van der Waals surface area contributed by atoms with E-state index in [1.165, 1.54) is 6.42 Å². The van der Waals surface area contributed by atoms with E-state index in [0.717, 1.165) is 18.4 Å². The number of nitrogens with one attached hydrogen (secondary N) is 1. The molecule has 0 saturated heterocycles. The SMILES string of the molecule is COc1ccc(CC(=O)O[C@H](C)C(=O)N[C@@H]2CCC[C@@H](C)[C@H]2C)cc1OC. The van der Waals surface area contributed by atoms with Crippen LogP contribution < -0.4 is 14.8 Å². The summed E-state index contributed by atoms with van der Waals surface area (Å²) in [6, 6.07) is 5.39. The van der Waals surface area contributed by atoms with Crippen LogP contribution in [-0.4, -0.2) is 38.2 Å². The van der Waals surface area contributed by atoms with Crippen LogP contribution in [0.2, 0.25) is 0 Å². The summed E-state index contributed by atoms with van der Waals surface area (Å²) in [5, 5.41) is 3.05. The Morgan fingerprint density at radius 2 is 1.85 bits per heavy atom. The van der Waals surface area contributed by atoms with E-state index in [9.17, 15) is 9.59 Å². The molecule has 0 aromatic heterocycles. The van der Waals surface area contributed by atoms with Gasteiger partial charge < -0.3 is 19.5 Å². The zero-order chi connectivity index (χ0) is 20.0. The van der Waals surface area contributed by atoms with Crippen molar-refractivity contribution in [3.8, 4) is 11.5 Å². The number of methoxy groups -OCH3 is 2. The van der Waals surface area contributed by atoms with E-state index in [2.05, 4.69) is 19.2 Å². The van der Waals surface area contributed by atoms with Gasteiger partial charge in [-0.15, -0.1) is 0 Å². The number of hydrogen-bond acceptors (Lipinski definition) is 5. The van der Waals surface area contributed by atoms with Gasteiger partial charge >= 0.3 is 5.97 Å². The Morgan fingerprint density at radius 1 is 1.15 bits per heavy atom. The largest absolute Gasteiger partial charge is 0.493 e. The number of amides is 1. The van der Waals surface area contributed by atoms with Crippen LogP contribution in [0.1, 0.15) is 45.6 Å². The zero-order valence-electron chi connectivity index (χ0n) is 16.9. The third-order valence-electron chi connectivity index (χ3n) is 5.51. The molecular formula is C21H31NO5. The first-order valence-corrected chi connectivity index (χ1v) is 9.56. The van der Waals surface area contributed by atoms with Crippen molar-refractivity contribution >= 4 is 11.9 Å². The minimum Gasteiger partial charge on any atom is -0.493 e. The first-order chi connectivity index (χ1) is 12.8. The normalized spacial score (nSPS) is 23.2. The lowest BCUT2D eigenvalue weighted by Crippen LogP contribution is -2.47. The lowest BCUT2D eigenvalue weighted by molar-refractivity contribution is -0.154. The summed E-state index contributed by atoms with van der Waals surface area (Å²) in [7, 11) is 3.10. The van der Waals surface area contributed by atoms with Crippen molar-refractivity contribution in [2.75, 3.05) is 14.2 Å². The second kappa shape index (κ2) is 9.62. The molecule has 4 atom stereocenters. The molecule has 1 aliphatic carbocycles. The summed E-state index contributed by atoms with van der Waals surface area (Å²) in [5.41, 5.74) is 0.736. The number of ether oxygens (including phenoxy) is 3. The minimum absolute atomic E-state index is 0.0643. The fraction of sp³-hybridized carbons (Fsp3) is 0.619. The molecule has 150 valence electrons. The van der Waals surface area contributed by atoms with Crippen LogP contribution in [-0.2, 0) is 20.7 Å². The maximum atomic E-state index is 12.4. The number of esters is 1. The van der Waals surface area contributed by atoms with Crippen LogP contribution in [0.15, 0.2) is 18.2 Å². The van der Waals surface area contributed by atoms with E-state index in [0.29, 0.717) is 23.3 Å². The van der Waals surface area contributed by atoms with Crippen molar-refractivity contribution in [2.45, 2.75) is 58.6 Å². The second-order valence-corrected chi connectivity index (χ2v) is 7.38. The Kier molecular flexibility index (Phi) is 7.51. The minimum atomic E-state index is -0.818. The van der Waals surface area contributed by atoms with Gasteiger partial charge in [-0.2, -0.15) is 0 Å². The lowest BCUT2D eigenvalue weighted by Gasteiger charge is -2.35. The fourth-order valence-corrected chi connectivity index (χ4v) is 3.54. The summed E-state index contributed by atoms with van der Waals surface area (Å²) in [6.07, 6.45) is 2.54. The molecule has 1 amide bonds. The Bertz CT molecular complexity index is 660. The second-order valence-electron chi connectivity index (χ2n) is 7.38. The molecule has 0 radical (unpaired) electrons. The van der Waals surface area contributed by atoms with E-state index < -0.39 is 12.1 Å². The fourth-order valence-electron chi connectivity index (χ4n) is 3.54. The predicted octanol–water partition coefficient (Wildman–Crippen LogP) is 3.12. The van der Waals surface area contributed by atoms with Gasteiger partial charge in [0, 0.05) is 6.04 Å². The molecule has 6 nitrogen and oxygen atoms in total. The highest BCUT2D eigenvalue weighted by atomic mass is 16.5. The smallest absolute Gasteiger partial charge is 0.311 e. The standard InChI is InChI=1S/C21H31NO5/c1-13-7-6-8-17(14(13)2)22-21(24)15(3)27-20(23)12-16-9-10-18(25-4)19(11-16)26-5/h9-11,13-15,17H,6-8,12H2,1-5H3,(H,22,24)/t13-,14-,15-,17-/m1/s1. The Balaban J connectivity index is 1.88. The van der Waals surface area contributed by atoms with Gasteiger partial charge in [0.15, 0.2) is 17.6 Å². The highest BCUT2D eigenvalue weighted by molar-refractivity contribution is 5.84. The van der Waals surface area contributed by atoms with Gasteiger partial charge in [0.1, 0.15) is 0 Å². The van der Waals surface area contributed by atoms with E-state index in [1.54, 1.807) is 39.3 Å². The highest BCUT2D eigenvalue weighted by Crippen LogP contribution is 2.30. The van der Waals surface area contributed by atoms with Gasteiger partial charge in [0.05, 0.1) is 20.6 Å². The topological polar surface area (TPSA) is 73.9 Å². The maximum Gasteiger partial charge on any atom is 0.311 e. The number of benzene rings is 1. The van der Waals surface area contributed by atoms with Crippen molar-refractivity contribution in [3.63, 3.8) is 0 Å². The molecule has 1 aromatic rings. The van der Waals surface area contributed by atoms with E-state index >= 15 is 0 Å². The van der Waals surface area contributed by atoms with Crippen molar-refractivity contribution in [2.24, 2.45) is 11.8 Å². The van der Waals surface area contributed by atoms with Crippen molar-refractivity contribution in [1.29, 1.82) is 0 Å². The predicted molar refractivity (Wildman–Crippen MR) is 103 cm³/mol. The van der Waals surface area contributed by atoms with Gasteiger partial charge in [0.25, 0.3) is 5.91 Å². The summed E-state index contributed by atoms with van der Waals surface area (Å²) in [6.45, 7) is 6.00. The van der Waals surface area contributed by atoms with E-state index in [-0.39, 0.29) is 18.4 Å². The number of carbonyl (C=O) groups excluding carboxylic acids is 2. The summed E-state index contributed by atoms with van der Waals surface area (Å²) < 4.78 is 15.8. The molecule has 1 fully saturated rings. The summed E-state index contributed by atoms with van der Waals surface area (Å²) in [5.74, 6) is 1.48. The molecule has 0 aliphatic heterocycles. The third kappa shape index (κ3) is 5.62. The van der Waals surface area contributed by atoms with Gasteiger partial charge in [-0.3, -0.25) is 9.59 Å². The molecule has 6 heteroatoms. The average molecular weight is 377 g/mol. The number of rotatable bonds is 7. The van der Waals surface area contributed by atoms with Crippen LogP contribution in [0.4, 0.5) is 0 Å². The Labute approximate surface area is 161 Å². The molecule has 2 rings (SSSR count). The summed E-state index contributed by atoms with van der Waals surface area (Å²) in [4.78, 5) is 24.6. The molecule has 1 N–H and O–H groups in total. The van der Waals surface area contributed by atoms with Gasteiger partial charge in [-0.25, -0.2) is 0 Å². The van der Waals surface area contributed by atoms with Gasteiger partial charge in [-0.1, -0.05) is 32.8 Å². The van der Waals surface area contributed by atoms with E-state index in [1.807, 2.05) is 0 Å². The van der Waals surface area contributed by atoms with Crippen LogP contribution >= 0.6 is 0 Å². The molecule has 0 heterocycles. The molecule has 0 unspecified atom stereocenters. The first-order valence-electron chi connectivity index (χ1n) is 9.56. The van der Waals surface area contributed by atoms with Crippen LogP contribution in [0.5, 0.6) is 11.5 Å². The third-order valence-corrected chi connectivity index (χ3v) is 5.51. The monoisotopic (exact) mass is 377 g/mol. The quantitative estimate of drug-likeness (QED) is 0.739. The molecule has 0 bridgehead atoms. The molecule has 1 aromatic carbocycles. The molecule has 0 spiro atoms. The van der Waals surface area contributed by atoms with Crippen molar-refractivity contribution in [1.82, 2.24) is 5.32 Å². The van der Waals surface area contributed by atoms with Crippen LogP contribution in [0.25, 0.3) is 0 Å². The average Bonchev–Trinajstić information content (AvgIpc) is 2.65. The van der Waals surface area contributed by atoms with E-state index in [4.69, 9.17) is 14.2 Å².